The van der Waals surface area contributed by atoms with Crippen molar-refractivity contribution in [3.8, 4) is 0 Å². The van der Waals surface area contributed by atoms with E-state index in [1.165, 1.54) is 0 Å². The van der Waals surface area contributed by atoms with Crippen LogP contribution in [0, 0.1) is 0 Å². The molecule has 102 valence electrons. The first-order chi connectivity index (χ1) is 8.18. The van der Waals surface area contributed by atoms with E-state index < -0.39 is 19.2 Å². The number of rotatable bonds is 5. The van der Waals surface area contributed by atoms with E-state index >= 15 is 0 Å². The van der Waals surface area contributed by atoms with Gasteiger partial charge in [0.15, 0.2) is 0 Å². The molecule has 0 aromatic heterocycles. The Labute approximate surface area is 115 Å². The Morgan fingerprint density at radius 3 is 2.11 bits per heavy atom. The standard InChI is InChI=1S/C14H25NOSSi/c1-12(2)18(5,6)15-17(16)14(3,4)13-10-8-7-9-11-13/h7-12,15H,1-6H3. The highest BCUT2D eigenvalue weighted by Crippen LogP contribution is 2.28. The van der Waals surface area contributed by atoms with Gasteiger partial charge in [0, 0.05) is 0 Å². The molecule has 1 aromatic carbocycles. The van der Waals surface area contributed by atoms with Crippen LogP contribution in [0.4, 0.5) is 0 Å². The maximum Gasteiger partial charge on any atom is 0.136 e. The fourth-order valence-corrected chi connectivity index (χ4v) is 5.66. The third-order valence-electron chi connectivity index (χ3n) is 3.73. The molecule has 0 aliphatic carbocycles. The van der Waals surface area contributed by atoms with E-state index in [1.54, 1.807) is 0 Å². The van der Waals surface area contributed by atoms with Gasteiger partial charge in [0.25, 0.3) is 0 Å². The van der Waals surface area contributed by atoms with Crippen LogP contribution < -0.4 is 4.39 Å². The highest BCUT2D eigenvalue weighted by Gasteiger charge is 2.34. The molecule has 0 aliphatic heterocycles. The summed E-state index contributed by atoms with van der Waals surface area (Å²) in [5.74, 6) is 0. The zero-order valence-electron chi connectivity index (χ0n) is 12.3. The fourth-order valence-electron chi connectivity index (χ4n) is 1.43. The summed E-state index contributed by atoms with van der Waals surface area (Å²) in [6, 6.07) is 10.1. The molecule has 1 N–H and O–H groups in total. The predicted octanol–water partition coefficient (Wildman–Crippen LogP) is 3.79. The molecule has 1 unspecified atom stereocenters. The van der Waals surface area contributed by atoms with Gasteiger partial charge < -0.3 is 0 Å². The molecule has 0 amide bonds. The van der Waals surface area contributed by atoms with Crippen LogP contribution in [-0.2, 0) is 15.7 Å². The van der Waals surface area contributed by atoms with E-state index in [9.17, 15) is 4.21 Å². The Hall–Kier alpha value is -0.453. The third-order valence-corrected chi connectivity index (χ3v) is 10.6. The molecule has 18 heavy (non-hydrogen) atoms. The van der Waals surface area contributed by atoms with Crippen molar-refractivity contribution in [3.63, 3.8) is 0 Å². The van der Waals surface area contributed by atoms with E-state index in [1.807, 2.05) is 44.2 Å². The van der Waals surface area contributed by atoms with Gasteiger partial charge in [-0.1, -0.05) is 57.3 Å². The molecule has 0 radical (unpaired) electrons. The highest BCUT2D eigenvalue weighted by molar-refractivity contribution is 7.85. The molecule has 2 nitrogen and oxygen atoms in total. The van der Waals surface area contributed by atoms with Crippen LogP contribution in [0.3, 0.4) is 0 Å². The maximum atomic E-state index is 12.6. The molecule has 4 heteroatoms. The lowest BCUT2D eigenvalue weighted by Gasteiger charge is -2.33. The van der Waals surface area contributed by atoms with E-state index in [0.717, 1.165) is 5.56 Å². The Morgan fingerprint density at radius 2 is 1.67 bits per heavy atom. The van der Waals surface area contributed by atoms with Gasteiger partial charge in [0.1, 0.15) is 8.24 Å². The van der Waals surface area contributed by atoms with Gasteiger partial charge in [0.05, 0.1) is 15.7 Å². The molecular weight excluding hydrogens is 258 g/mol. The quantitative estimate of drug-likeness (QED) is 0.818. The lowest BCUT2D eigenvalue weighted by atomic mass is 10.0. The number of hydrogen-bond donors (Lipinski definition) is 1. The molecule has 0 bridgehead atoms. The molecule has 1 aromatic rings. The Kier molecular flexibility index (Phi) is 4.92. The first-order valence-corrected chi connectivity index (χ1v) is 10.7. The largest absolute Gasteiger partial charge is 0.259 e. The normalized spacial score (nSPS) is 14.8. The molecule has 0 aliphatic rings. The van der Waals surface area contributed by atoms with Gasteiger partial charge in [-0.3, -0.25) is 4.39 Å². The molecule has 0 saturated carbocycles. The van der Waals surface area contributed by atoms with E-state index in [4.69, 9.17) is 0 Å². The van der Waals surface area contributed by atoms with Crippen molar-refractivity contribution in [2.75, 3.05) is 0 Å². The van der Waals surface area contributed by atoms with Crippen molar-refractivity contribution in [2.45, 2.75) is 51.1 Å². The SMILES string of the molecule is CC(C)[Si](C)(C)NS(=O)C(C)(C)c1ccccc1. The minimum atomic E-state index is -1.64. The van der Waals surface area contributed by atoms with Gasteiger partial charge in [-0.25, -0.2) is 4.21 Å². The molecule has 0 spiro atoms. The predicted molar refractivity (Wildman–Crippen MR) is 83.3 cm³/mol. The van der Waals surface area contributed by atoms with Crippen LogP contribution >= 0.6 is 0 Å². The minimum absolute atomic E-state index is 0.361. The monoisotopic (exact) mass is 283 g/mol. The van der Waals surface area contributed by atoms with Crippen molar-refractivity contribution in [1.29, 1.82) is 0 Å². The van der Waals surface area contributed by atoms with Gasteiger partial charge in [0.2, 0.25) is 0 Å². The first kappa shape index (κ1) is 15.6. The minimum Gasteiger partial charge on any atom is -0.259 e. The summed E-state index contributed by atoms with van der Waals surface area (Å²) in [6.07, 6.45) is 0. The van der Waals surface area contributed by atoms with Crippen LogP contribution in [0.25, 0.3) is 0 Å². The summed E-state index contributed by atoms with van der Waals surface area (Å²) in [5.41, 5.74) is 1.68. The molecule has 0 heterocycles. The number of nitrogens with one attached hydrogen (secondary N) is 1. The Bertz CT molecular complexity index is 415. The summed E-state index contributed by atoms with van der Waals surface area (Å²) in [6.45, 7) is 12.9. The van der Waals surface area contributed by atoms with Crippen molar-refractivity contribution < 1.29 is 4.21 Å². The molecule has 0 saturated heterocycles. The lowest BCUT2D eigenvalue weighted by molar-refractivity contribution is 0.639. The smallest absolute Gasteiger partial charge is 0.136 e. The summed E-state index contributed by atoms with van der Waals surface area (Å²) < 4.78 is 15.7. The van der Waals surface area contributed by atoms with Gasteiger partial charge in [-0.15, -0.1) is 0 Å². The van der Waals surface area contributed by atoms with Crippen LogP contribution in [0.15, 0.2) is 30.3 Å². The van der Waals surface area contributed by atoms with Crippen molar-refractivity contribution in [1.82, 2.24) is 4.39 Å². The second kappa shape index (κ2) is 5.68. The third kappa shape index (κ3) is 3.53. The summed E-state index contributed by atoms with van der Waals surface area (Å²) >= 11 is 0. The van der Waals surface area contributed by atoms with Crippen molar-refractivity contribution >= 4 is 19.2 Å². The fraction of sp³-hybridized carbons (Fsp3) is 0.571. The zero-order chi connectivity index (χ0) is 14.0. The first-order valence-electron chi connectivity index (χ1n) is 6.43. The van der Waals surface area contributed by atoms with E-state index in [0.29, 0.717) is 5.54 Å². The molecule has 1 rings (SSSR count). The van der Waals surface area contributed by atoms with Gasteiger partial charge >= 0.3 is 0 Å². The number of benzene rings is 1. The van der Waals surface area contributed by atoms with Crippen molar-refractivity contribution in [2.24, 2.45) is 0 Å². The van der Waals surface area contributed by atoms with Gasteiger partial charge in [-0.05, 0) is 25.0 Å². The lowest BCUT2D eigenvalue weighted by Crippen LogP contribution is -2.51. The molecule has 1 atom stereocenters. The van der Waals surface area contributed by atoms with E-state index in [-0.39, 0.29) is 4.75 Å². The summed E-state index contributed by atoms with van der Waals surface area (Å²) in [5, 5.41) is 0. The topological polar surface area (TPSA) is 29.1 Å². The average Bonchev–Trinajstić information content (AvgIpc) is 2.29. The Morgan fingerprint density at radius 1 is 1.17 bits per heavy atom. The average molecular weight is 284 g/mol. The highest BCUT2D eigenvalue weighted by atomic mass is 32.2. The summed E-state index contributed by atoms with van der Waals surface area (Å²) in [7, 11) is -2.70. The molecular formula is C14H25NOSSi. The van der Waals surface area contributed by atoms with Crippen LogP contribution in [0.5, 0.6) is 0 Å². The van der Waals surface area contributed by atoms with Crippen molar-refractivity contribution in [3.05, 3.63) is 35.9 Å². The zero-order valence-corrected chi connectivity index (χ0v) is 14.1. The maximum absolute atomic E-state index is 12.6. The Balaban J connectivity index is 2.91. The van der Waals surface area contributed by atoms with Gasteiger partial charge in [-0.2, -0.15) is 0 Å². The van der Waals surface area contributed by atoms with Crippen LogP contribution in [-0.4, -0.2) is 12.4 Å². The molecule has 0 fully saturated rings. The summed E-state index contributed by atoms with van der Waals surface area (Å²) in [4.78, 5) is 0. The van der Waals surface area contributed by atoms with Crippen LogP contribution in [0.1, 0.15) is 33.3 Å². The second-order valence-electron chi connectivity index (χ2n) is 6.12. The van der Waals surface area contributed by atoms with Crippen LogP contribution in [0.2, 0.25) is 18.6 Å². The number of hydrogen-bond acceptors (Lipinski definition) is 1. The second-order valence-corrected chi connectivity index (χ2v) is 13.1. The van der Waals surface area contributed by atoms with E-state index in [2.05, 4.69) is 31.3 Å².